The minimum atomic E-state index is -1.10. The molecule has 1 aromatic carbocycles. The standard InChI is InChI=1S/C10H10ClNO4/c1-16-8-3-2-6(4-7(8)11)10(15)12-5-9(13)14/h2-4H,5H2,1H3,(H,12,15)(H,13,14). The maximum absolute atomic E-state index is 11.4. The molecular formula is C10H10ClNO4. The molecule has 16 heavy (non-hydrogen) atoms. The van der Waals surface area contributed by atoms with E-state index in [2.05, 4.69) is 5.32 Å². The van der Waals surface area contributed by atoms with E-state index in [9.17, 15) is 9.59 Å². The molecule has 0 radical (unpaired) electrons. The maximum Gasteiger partial charge on any atom is 0.322 e. The van der Waals surface area contributed by atoms with Gasteiger partial charge < -0.3 is 15.2 Å². The van der Waals surface area contributed by atoms with E-state index >= 15 is 0 Å². The molecule has 1 amide bonds. The van der Waals surface area contributed by atoms with Crippen LogP contribution in [0.5, 0.6) is 5.75 Å². The topological polar surface area (TPSA) is 75.6 Å². The number of aliphatic carboxylic acids is 1. The molecule has 0 aliphatic carbocycles. The van der Waals surface area contributed by atoms with Gasteiger partial charge in [-0.05, 0) is 18.2 Å². The summed E-state index contributed by atoms with van der Waals surface area (Å²) in [5.41, 5.74) is 0.284. The van der Waals surface area contributed by atoms with E-state index in [4.69, 9.17) is 21.4 Å². The lowest BCUT2D eigenvalue weighted by Crippen LogP contribution is -2.29. The predicted octanol–water partition coefficient (Wildman–Crippen LogP) is 1.16. The van der Waals surface area contributed by atoms with E-state index in [-0.39, 0.29) is 5.56 Å². The Labute approximate surface area is 97.0 Å². The van der Waals surface area contributed by atoms with Crippen LogP contribution in [0.3, 0.4) is 0 Å². The van der Waals surface area contributed by atoms with Gasteiger partial charge in [0.15, 0.2) is 0 Å². The van der Waals surface area contributed by atoms with Crippen molar-refractivity contribution in [3.05, 3.63) is 28.8 Å². The lowest BCUT2D eigenvalue weighted by Gasteiger charge is -2.05. The molecule has 0 saturated heterocycles. The molecule has 0 unspecified atom stereocenters. The second kappa shape index (κ2) is 5.37. The van der Waals surface area contributed by atoms with Gasteiger partial charge in [-0.25, -0.2) is 0 Å². The first kappa shape index (κ1) is 12.3. The molecule has 0 bridgehead atoms. The average Bonchev–Trinajstić information content (AvgIpc) is 2.25. The van der Waals surface area contributed by atoms with Crippen molar-refractivity contribution in [2.75, 3.05) is 13.7 Å². The third-order valence-electron chi connectivity index (χ3n) is 1.81. The zero-order valence-electron chi connectivity index (χ0n) is 8.49. The minimum Gasteiger partial charge on any atom is -0.495 e. The average molecular weight is 244 g/mol. The number of halogens is 1. The highest BCUT2D eigenvalue weighted by Crippen LogP contribution is 2.24. The Morgan fingerprint density at radius 2 is 2.19 bits per heavy atom. The van der Waals surface area contributed by atoms with Gasteiger partial charge in [-0.1, -0.05) is 11.6 Å². The number of carboxylic acids is 1. The highest BCUT2D eigenvalue weighted by molar-refractivity contribution is 6.32. The Kier molecular flexibility index (Phi) is 4.13. The molecule has 5 nitrogen and oxygen atoms in total. The summed E-state index contributed by atoms with van der Waals surface area (Å²) in [6, 6.07) is 4.46. The second-order valence-corrected chi connectivity index (χ2v) is 3.33. The number of carbonyl (C=O) groups is 2. The highest BCUT2D eigenvalue weighted by Gasteiger charge is 2.09. The van der Waals surface area contributed by atoms with Gasteiger partial charge in [0.05, 0.1) is 12.1 Å². The Bertz CT molecular complexity index is 419. The van der Waals surface area contributed by atoms with Crippen LogP contribution in [0.4, 0.5) is 0 Å². The third-order valence-corrected chi connectivity index (χ3v) is 2.11. The van der Waals surface area contributed by atoms with E-state index in [0.29, 0.717) is 10.8 Å². The van der Waals surface area contributed by atoms with Crippen molar-refractivity contribution >= 4 is 23.5 Å². The number of nitrogens with one attached hydrogen (secondary N) is 1. The molecule has 0 atom stereocenters. The van der Waals surface area contributed by atoms with E-state index in [1.54, 1.807) is 0 Å². The highest BCUT2D eigenvalue weighted by atomic mass is 35.5. The second-order valence-electron chi connectivity index (χ2n) is 2.93. The zero-order chi connectivity index (χ0) is 12.1. The quantitative estimate of drug-likeness (QED) is 0.832. The molecule has 1 rings (SSSR count). The lowest BCUT2D eigenvalue weighted by molar-refractivity contribution is -0.135. The van der Waals surface area contributed by atoms with Crippen LogP contribution in [0, 0.1) is 0 Å². The molecule has 0 saturated carbocycles. The lowest BCUT2D eigenvalue weighted by atomic mass is 10.2. The first-order chi connectivity index (χ1) is 7.54. The van der Waals surface area contributed by atoms with E-state index in [0.717, 1.165) is 0 Å². The Hall–Kier alpha value is -1.75. The van der Waals surface area contributed by atoms with Crippen molar-refractivity contribution in [2.24, 2.45) is 0 Å². The van der Waals surface area contributed by atoms with Crippen LogP contribution in [-0.2, 0) is 4.79 Å². The summed E-state index contributed by atoms with van der Waals surface area (Å²) >= 11 is 5.81. The van der Waals surface area contributed by atoms with Gasteiger partial charge in [0.1, 0.15) is 12.3 Å². The molecule has 86 valence electrons. The molecule has 0 aliphatic rings. The van der Waals surface area contributed by atoms with Crippen LogP contribution >= 0.6 is 11.6 Å². The number of amides is 1. The van der Waals surface area contributed by atoms with Crippen molar-refractivity contribution in [1.29, 1.82) is 0 Å². The number of ether oxygens (including phenoxy) is 1. The van der Waals surface area contributed by atoms with Crippen molar-refractivity contribution in [2.45, 2.75) is 0 Å². The molecule has 6 heteroatoms. The summed E-state index contributed by atoms with van der Waals surface area (Å²) in [5, 5.41) is 10.9. The smallest absolute Gasteiger partial charge is 0.322 e. The molecule has 1 aromatic rings. The summed E-state index contributed by atoms with van der Waals surface area (Å²) in [6.45, 7) is -0.428. The molecule has 0 heterocycles. The molecule has 0 spiro atoms. The normalized spacial score (nSPS) is 9.62. The Balaban J connectivity index is 2.77. The fraction of sp³-hybridized carbons (Fsp3) is 0.200. The summed E-state index contributed by atoms with van der Waals surface area (Å²) in [5.74, 6) is -1.14. The molecule has 0 aliphatic heterocycles. The fourth-order valence-corrected chi connectivity index (χ4v) is 1.32. The Morgan fingerprint density at radius 1 is 1.50 bits per heavy atom. The van der Waals surface area contributed by atoms with E-state index in [1.165, 1.54) is 25.3 Å². The van der Waals surface area contributed by atoms with Gasteiger partial charge in [-0.15, -0.1) is 0 Å². The predicted molar refractivity (Wildman–Crippen MR) is 58.0 cm³/mol. The van der Waals surface area contributed by atoms with Crippen molar-refractivity contribution in [3.8, 4) is 5.75 Å². The number of carbonyl (C=O) groups excluding carboxylic acids is 1. The van der Waals surface area contributed by atoms with Crippen molar-refractivity contribution in [3.63, 3.8) is 0 Å². The van der Waals surface area contributed by atoms with Crippen LogP contribution in [0.25, 0.3) is 0 Å². The number of benzene rings is 1. The van der Waals surface area contributed by atoms with E-state index < -0.39 is 18.4 Å². The van der Waals surface area contributed by atoms with Gasteiger partial charge in [-0.2, -0.15) is 0 Å². The Morgan fingerprint density at radius 3 is 2.69 bits per heavy atom. The molecule has 0 aromatic heterocycles. The van der Waals surface area contributed by atoms with Gasteiger partial charge >= 0.3 is 5.97 Å². The molecule has 2 N–H and O–H groups in total. The van der Waals surface area contributed by atoms with Crippen LogP contribution < -0.4 is 10.1 Å². The summed E-state index contributed by atoms with van der Waals surface area (Å²) < 4.78 is 4.92. The summed E-state index contributed by atoms with van der Waals surface area (Å²) in [7, 11) is 1.46. The minimum absolute atomic E-state index is 0.284. The van der Waals surface area contributed by atoms with Gasteiger partial charge in [-0.3, -0.25) is 9.59 Å². The maximum atomic E-state index is 11.4. The van der Waals surface area contributed by atoms with Crippen molar-refractivity contribution < 1.29 is 19.4 Å². The number of hydrogen-bond acceptors (Lipinski definition) is 3. The third kappa shape index (κ3) is 3.13. The van der Waals surface area contributed by atoms with Gasteiger partial charge in [0, 0.05) is 5.56 Å². The first-order valence-corrected chi connectivity index (χ1v) is 4.76. The van der Waals surface area contributed by atoms with Gasteiger partial charge in [0.25, 0.3) is 5.91 Å². The van der Waals surface area contributed by atoms with Crippen molar-refractivity contribution in [1.82, 2.24) is 5.32 Å². The van der Waals surface area contributed by atoms with Crippen LogP contribution in [0.2, 0.25) is 5.02 Å². The number of methoxy groups -OCH3 is 1. The number of carboxylic acid groups (broad SMARTS) is 1. The van der Waals surface area contributed by atoms with Crippen LogP contribution in [0.15, 0.2) is 18.2 Å². The SMILES string of the molecule is COc1ccc(C(=O)NCC(=O)O)cc1Cl. The first-order valence-electron chi connectivity index (χ1n) is 4.38. The zero-order valence-corrected chi connectivity index (χ0v) is 9.25. The van der Waals surface area contributed by atoms with E-state index in [1.807, 2.05) is 0 Å². The molecule has 0 fully saturated rings. The summed E-state index contributed by atoms with van der Waals surface area (Å²) in [6.07, 6.45) is 0. The largest absolute Gasteiger partial charge is 0.495 e. The monoisotopic (exact) mass is 243 g/mol. The van der Waals surface area contributed by atoms with Crippen LogP contribution in [-0.4, -0.2) is 30.6 Å². The number of rotatable bonds is 4. The van der Waals surface area contributed by atoms with Gasteiger partial charge in [0.2, 0.25) is 0 Å². The van der Waals surface area contributed by atoms with Crippen LogP contribution in [0.1, 0.15) is 10.4 Å². The number of hydrogen-bond donors (Lipinski definition) is 2. The fourth-order valence-electron chi connectivity index (χ4n) is 1.07. The summed E-state index contributed by atoms with van der Waals surface area (Å²) in [4.78, 5) is 21.7. The molecular weight excluding hydrogens is 234 g/mol.